The maximum atomic E-state index is 12.0. The predicted molar refractivity (Wildman–Crippen MR) is 70.1 cm³/mol. The number of hydrogen-bond donors (Lipinski definition) is 0. The Kier molecular flexibility index (Phi) is 2.89. The number of esters is 1. The molecule has 2 aliphatic carbocycles. The second-order valence-corrected chi connectivity index (χ2v) is 6.03. The van der Waals surface area contributed by atoms with Gasteiger partial charge < -0.3 is 4.74 Å². The largest absolute Gasteiger partial charge is 0.459 e. The minimum atomic E-state index is -0.186. The SMILES string of the molecule is CC1(OC(=O)Cc2ccccc2)CC2CCC1C2. The van der Waals surface area contributed by atoms with Gasteiger partial charge in [0, 0.05) is 0 Å². The van der Waals surface area contributed by atoms with Crippen LogP contribution in [0.3, 0.4) is 0 Å². The first-order valence-corrected chi connectivity index (χ1v) is 6.91. The topological polar surface area (TPSA) is 26.3 Å². The fraction of sp³-hybridized carbons (Fsp3) is 0.562. The molecule has 0 radical (unpaired) electrons. The van der Waals surface area contributed by atoms with Crippen molar-refractivity contribution in [3.05, 3.63) is 35.9 Å². The Balaban J connectivity index is 1.61. The Morgan fingerprint density at radius 3 is 2.72 bits per heavy atom. The summed E-state index contributed by atoms with van der Waals surface area (Å²) in [6.07, 6.45) is 5.29. The van der Waals surface area contributed by atoms with Crippen molar-refractivity contribution in [2.45, 2.75) is 44.6 Å². The lowest BCUT2D eigenvalue weighted by Crippen LogP contribution is -2.37. The second kappa shape index (κ2) is 4.42. The fourth-order valence-electron chi connectivity index (χ4n) is 3.74. The number of ether oxygens (including phenoxy) is 1. The van der Waals surface area contributed by atoms with Crippen LogP contribution in [0.2, 0.25) is 0 Å². The van der Waals surface area contributed by atoms with Gasteiger partial charge in [0.15, 0.2) is 0 Å². The molecule has 3 atom stereocenters. The molecule has 2 bridgehead atoms. The number of rotatable bonds is 3. The van der Waals surface area contributed by atoms with Crippen LogP contribution in [-0.4, -0.2) is 11.6 Å². The third kappa shape index (κ3) is 2.16. The van der Waals surface area contributed by atoms with Crippen molar-refractivity contribution >= 4 is 5.97 Å². The molecular weight excluding hydrogens is 224 g/mol. The number of carbonyl (C=O) groups excluding carboxylic acids is 1. The van der Waals surface area contributed by atoms with Crippen molar-refractivity contribution in [2.75, 3.05) is 0 Å². The van der Waals surface area contributed by atoms with E-state index in [2.05, 4.69) is 6.92 Å². The summed E-state index contributed by atoms with van der Waals surface area (Å²) in [6.45, 7) is 2.12. The molecule has 3 unspecified atom stereocenters. The van der Waals surface area contributed by atoms with Gasteiger partial charge in [0.2, 0.25) is 0 Å². The van der Waals surface area contributed by atoms with E-state index in [4.69, 9.17) is 4.74 Å². The monoisotopic (exact) mass is 244 g/mol. The van der Waals surface area contributed by atoms with Gasteiger partial charge in [-0.1, -0.05) is 30.3 Å². The van der Waals surface area contributed by atoms with E-state index in [1.54, 1.807) is 0 Å². The number of carbonyl (C=O) groups is 1. The second-order valence-electron chi connectivity index (χ2n) is 6.03. The van der Waals surface area contributed by atoms with Crippen LogP contribution in [0.5, 0.6) is 0 Å². The van der Waals surface area contributed by atoms with Gasteiger partial charge in [-0.3, -0.25) is 4.79 Å². The smallest absolute Gasteiger partial charge is 0.310 e. The zero-order valence-corrected chi connectivity index (χ0v) is 10.9. The fourth-order valence-corrected chi connectivity index (χ4v) is 3.74. The molecule has 0 spiro atoms. The van der Waals surface area contributed by atoms with Crippen molar-refractivity contribution in [2.24, 2.45) is 11.8 Å². The maximum absolute atomic E-state index is 12.0. The summed E-state index contributed by atoms with van der Waals surface area (Å²) in [5.74, 6) is 1.32. The predicted octanol–water partition coefficient (Wildman–Crippen LogP) is 3.35. The normalized spacial score (nSPS) is 33.6. The lowest BCUT2D eigenvalue weighted by molar-refractivity contribution is -0.162. The van der Waals surface area contributed by atoms with E-state index < -0.39 is 0 Å². The molecule has 2 saturated carbocycles. The average Bonchev–Trinajstić information content (AvgIpc) is 2.89. The molecule has 0 heterocycles. The summed E-state index contributed by atoms with van der Waals surface area (Å²) in [6, 6.07) is 9.84. The van der Waals surface area contributed by atoms with Crippen LogP contribution in [0.1, 0.15) is 38.2 Å². The van der Waals surface area contributed by atoms with E-state index in [1.807, 2.05) is 30.3 Å². The van der Waals surface area contributed by atoms with Crippen molar-refractivity contribution in [1.82, 2.24) is 0 Å². The molecule has 96 valence electrons. The molecule has 18 heavy (non-hydrogen) atoms. The lowest BCUT2D eigenvalue weighted by atomic mass is 9.85. The first-order chi connectivity index (χ1) is 8.66. The van der Waals surface area contributed by atoms with Crippen LogP contribution in [-0.2, 0) is 16.0 Å². The quantitative estimate of drug-likeness (QED) is 0.762. The highest BCUT2D eigenvalue weighted by molar-refractivity contribution is 5.73. The highest BCUT2D eigenvalue weighted by Crippen LogP contribution is 2.52. The molecule has 0 amide bonds. The molecule has 2 heteroatoms. The Labute approximate surface area is 108 Å². The van der Waals surface area contributed by atoms with Gasteiger partial charge in [0.05, 0.1) is 6.42 Å². The number of fused-ring (bicyclic) bond motifs is 2. The first-order valence-electron chi connectivity index (χ1n) is 6.91. The third-order valence-corrected chi connectivity index (χ3v) is 4.64. The summed E-state index contributed by atoms with van der Waals surface area (Å²) in [5.41, 5.74) is 0.851. The highest BCUT2D eigenvalue weighted by atomic mass is 16.6. The van der Waals surface area contributed by atoms with Gasteiger partial charge in [0.1, 0.15) is 5.60 Å². The standard InChI is InChI=1S/C16H20O2/c1-16(11-13-7-8-14(16)9-13)18-15(17)10-12-5-3-2-4-6-12/h2-6,13-14H,7-11H2,1H3. The van der Waals surface area contributed by atoms with Crippen molar-refractivity contribution < 1.29 is 9.53 Å². The zero-order valence-electron chi connectivity index (χ0n) is 10.9. The van der Waals surface area contributed by atoms with Gasteiger partial charge in [0.25, 0.3) is 0 Å². The Bertz CT molecular complexity index is 440. The van der Waals surface area contributed by atoms with E-state index in [9.17, 15) is 4.79 Å². The minimum absolute atomic E-state index is 0.0729. The highest BCUT2D eigenvalue weighted by Gasteiger charge is 2.50. The third-order valence-electron chi connectivity index (χ3n) is 4.64. The summed E-state index contributed by atoms with van der Waals surface area (Å²) < 4.78 is 5.80. The van der Waals surface area contributed by atoms with Crippen LogP contribution in [0.25, 0.3) is 0 Å². The molecule has 0 saturated heterocycles. The molecule has 0 N–H and O–H groups in total. The molecule has 0 aliphatic heterocycles. The van der Waals surface area contributed by atoms with Gasteiger partial charge in [-0.25, -0.2) is 0 Å². The number of benzene rings is 1. The maximum Gasteiger partial charge on any atom is 0.310 e. The van der Waals surface area contributed by atoms with Gasteiger partial charge in [-0.15, -0.1) is 0 Å². The zero-order chi connectivity index (χ0) is 12.6. The molecule has 1 aromatic rings. The van der Waals surface area contributed by atoms with Crippen molar-refractivity contribution in [3.63, 3.8) is 0 Å². The van der Waals surface area contributed by atoms with E-state index in [0.29, 0.717) is 12.3 Å². The molecule has 2 fully saturated rings. The summed E-state index contributed by atoms with van der Waals surface area (Å²) in [5, 5.41) is 0. The summed E-state index contributed by atoms with van der Waals surface area (Å²) in [7, 11) is 0. The summed E-state index contributed by atoms with van der Waals surface area (Å²) in [4.78, 5) is 12.0. The lowest BCUT2D eigenvalue weighted by Gasteiger charge is -2.33. The van der Waals surface area contributed by atoms with Gasteiger partial charge in [-0.2, -0.15) is 0 Å². The van der Waals surface area contributed by atoms with Crippen LogP contribution in [0.4, 0.5) is 0 Å². The van der Waals surface area contributed by atoms with Gasteiger partial charge >= 0.3 is 5.97 Å². The number of hydrogen-bond acceptors (Lipinski definition) is 2. The van der Waals surface area contributed by atoms with Crippen LogP contribution in [0.15, 0.2) is 30.3 Å². The van der Waals surface area contributed by atoms with E-state index in [0.717, 1.165) is 17.9 Å². The van der Waals surface area contributed by atoms with Crippen LogP contribution >= 0.6 is 0 Å². The Hall–Kier alpha value is -1.31. The van der Waals surface area contributed by atoms with E-state index >= 15 is 0 Å². The van der Waals surface area contributed by atoms with Crippen LogP contribution in [0, 0.1) is 11.8 Å². The Morgan fingerprint density at radius 1 is 1.33 bits per heavy atom. The van der Waals surface area contributed by atoms with Gasteiger partial charge in [-0.05, 0) is 50.0 Å². The van der Waals surface area contributed by atoms with Crippen molar-refractivity contribution in [3.8, 4) is 0 Å². The molecule has 3 rings (SSSR count). The van der Waals surface area contributed by atoms with Crippen LogP contribution < -0.4 is 0 Å². The Morgan fingerprint density at radius 2 is 2.11 bits per heavy atom. The first kappa shape index (κ1) is 11.8. The minimum Gasteiger partial charge on any atom is -0.459 e. The molecule has 0 aromatic heterocycles. The van der Waals surface area contributed by atoms with Crippen molar-refractivity contribution in [1.29, 1.82) is 0 Å². The molecule has 2 aliphatic rings. The summed E-state index contributed by atoms with van der Waals surface area (Å²) >= 11 is 0. The molecular formula is C16H20O2. The van der Waals surface area contributed by atoms with E-state index in [-0.39, 0.29) is 11.6 Å². The van der Waals surface area contributed by atoms with E-state index in [1.165, 1.54) is 19.3 Å². The molecule has 1 aromatic carbocycles. The molecule has 2 nitrogen and oxygen atoms in total. The average molecular weight is 244 g/mol.